The van der Waals surface area contributed by atoms with E-state index in [2.05, 4.69) is 10.6 Å². The van der Waals surface area contributed by atoms with Gasteiger partial charge in [0.1, 0.15) is 0 Å². The topological polar surface area (TPSA) is 84.5 Å². The van der Waals surface area contributed by atoms with Gasteiger partial charge >= 0.3 is 12.0 Å². The molecule has 0 aromatic heterocycles. The Morgan fingerprint density at radius 1 is 1.27 bits per heavy atom. The summed E-state index contributed by atoms with van der Waals surface area (Å²) in [6, 6.07) is 8.05. The SMILES string of the molecule is CCNC(=O)NC(=O)[C@@H](OC(=O)[C@@H]1C[C@@H]1C)c1ccccc1. The van der Waals surface area contributed by atoms with E-state index < -0.39 is 24.0 Å². The van der Waals surface area contributed by atoms with E-state index in [-0.39, 0.29) is 11.8 Å². The minimum Gasteiger partial charge on any atom is -0.447 e. The molecule has 0 bridgehead atoms. The van der Waals surface area contributed by atoms with Crippen LogP contribution in [0.25, 0.3) is 0 Å². The quantitative estimate of drug-likeness (QED) is 0.812. The number of rotatable bonds is 5. The van der Waals surface area contributed by atoms with Crippen LogP contribution in [0.1, 0.15) is 31.9 Å². The van der Waals surface area contributed by atoms with Gasteiger partial charge in [0.25, 0.3) is 5.91 Å². The van der Waals surface area contributed by atoms with Crippen LogP contribution in [0.3, 0.4) is 0 Å². The van der Waals surface area contributed by atoms with E-state index in [4.69, 9.17) is 4.74 Å². The highest BCUT2D eigenvalue weighted by molar-refractivity contribution is 5.97. The van der Waals surface area contributed by atoms with Gasteiger partial charge in [-0.25, -0.2) is 4.79 Å². The van der Waals surface area contributed by atoms with Crippen molar-refractivity contribution in [3.8, 4) is 0 Å². The molecular weight excluding hydrogens is 284 g/mol. The van der Waals surface area contributed by atoms with Crippen LogP contribution in [-0.2, 0) is 14.3 Å². The maximum Gasteiger partial charge on any atom is 0.321 e. The lowest BCUT2D eigenvalue weighted by molar-refractivity contribution is -0.157. The van der Waals surface area contributed by atoms with Gasteiger partial charge in [0.15, 0.2) is 0 Å². The van der Waals surface area contributed by atoms with Gasteiger partial charge in [-0.1, -0.05) is 37.3 Å². The summed E-state index contributed by atoms with van der Waals surface area (Å²) in [5.41, 5.74) is 0.533. The Labute approximate surface area is 129 Å². The highest BCUT2D eigenvalue weighted by Gasteiger charge is 2.42. The number of imide groups is 1. The zero-order valence-electron chi connectivity index (χ0n) is 12.7. The van der Waals surface area contributed by atoms with Gasteiger partial charge in [-0.2, -0.15) is 0 Å². The van der Waals surface area contributed by atoms with Crippen molar-refractivity contribution < 1.29 is 19.1 Å². The Balaban J connectivity index is 2.09. The van der Waals surface area contributed by atoms with Crippen molar-refractivity contribution >= 4 is 17.9 Å². The number of urea groups is 1. The summed E-state index contributed by atoms with van der Waals surface area (Å²) in [6.07, 6.45) is -0.345. The van der Waals surface area contributed by atoms with Gasteiger partial charge in [-0.3, -0.25) is 14.9 Å². The summed E-state index contributed by atoms with van der Waals surface area (Å²) >= 11 is 0. The van der Waals surface area contributed by atoms with Crippen molar-refractivity contribution in [2.45, 2.75) is 26.4 Å². The van der Waals surface area contributed by atoms with Crippen LogP contribution in [0.15, 0.2) is 30.3 Å². The summed E-state index contributed by atoms with van der Waals surface area (Å²) < 4.78 is 5.34. The number of ether oxygens (including phenoxy) is 1. The van der Waals surface area contributed by atoms with E-state index in [1.807, 2.05) is 6.92 Å². The summed E-state index contributed by atoms with van der Waals surface area (Å²) in [4.78, 5) is 35.7. The second-order valence-electron chi connectivity index (χ2n) is 5.40. The number of nitrogens with one attached hydrogen (secondary N) is 2. The van der Waals surface area contributed by atoms with Crippen molar-refractivity contribution in [1.29, 1.82) is 0 Å². The molecular formula is C16H20N2O4. The number of carbonyl (C=O) groups is 3. The summed E-state index contributed by atoms with van der Waals surface area (Å²) in [5, 5.41) is 4.66. The molecule has 0 heterocycles. The van der Waals surface area contributed by atoms with Crippen molar-refractivity contribution in [2.75, 3.05) is 6.54 Å². The summed E-state index contributed by atoms with van der Waals surface area (Å²) in [7, 11) is 0. The highest BCUT2D eigenvalue weighted by atomic mass is 16.5. The highest BCUT2D eigenvalue weighted by Crippen LogP contribution is 2.39. The van der Waals surface area contributed by atoms with E-state index in [1.54, 1.807) is 37.3 Å². The molecule has 1 aromatic carbocycles. The Morgan fingerprint density at radius 3 is 2.45 bits per heavy atom. The van der Waals surface area contributed by atoms with Crippen LogP contribution in [0.2, 0.25) is 0 Å². The van der Waals surface area contributed by atoms with Crippen molar-refractivity contribution in [3.63, 3.8) is 0 Å². The zero-order chi connectivity index (χ0) is 16.1. The molecule has 1 fully saturated rings. The largest absolute Gasteiger partial charge is 0.447 e. The Kier molecular flexibility index (Phi) is 5.14. The minimum atomic E-state index is -1.12. The lowest BCUT2D eigenvalue weighted by atomic mass is 10.1. The third-order valence-corrected chi connectivity index (χ3v) is 3.56. The summed E-state index contributed by atoms with van der Waals surface area (Å²) in [5.74, 6) is -0.912. The third-order valence-electron chi connectivity index (χ3n) is 3.56. The minimum absolute atomic E-state index is 0.150. The van der Waals surface area contributed by atoms with Gasteiger partial charge in [0.05, 0.1) is 5.92 Å². The first kappa shape index (κ1) is 16.0. The predicted molar refractivity (Wildman–Crippen MR) is 79.8 cm³/mol. The van der Waals surface area contributed by atoms with Crippen LogP contribution >= 0.6 is 0 Å². The molecule has 0 saturated heterocycles. The van der Waals surface area contributed by atoms with Gasteiger partial charge in [0, 0.05) is 12.1 Å². The maximum atomic E-state index is 12.2. The summed E-state index contributed by atoms with van der Waals surface area (Å²) in [6.45, 7) is 4.10. The molecule has 1 aliphatic rings. The average molecular weight is 304 g/mol. The lowest BCUT2D eigenvalue weighted by Crippen LogP contribution is -2.42. The second-order valence-corrected chi connectivity index (χ2v) is 5.40. The molecule has 0 unspecified atom stereocenters. The average Bonchev–Trinajstić information content (AvgIpc) is 3.22. The number of carbonyl (C=O) groups excluding carboxylic acids is 3. The molecule has 0 radical (unpaired) electrons. The van der Waals surface area contributed by atoms with E-state index >= 15 is 0 Å². The molecule has 0 aliphatic heterocycles. The second kappa shape index (κ2) is 7.06. The van der Waals surface area contributed by atoms with E-state index in [1.165, 1.54) is 0 Å². The number of hydrogen-bond donors (Lipinski definition) is 2. The van der Waals surface area contributed by atoms with Crippen LogP contribution in [0, 0.1) is 11.8 Å². The molecule has 1 aromatic rings. The van der Waals surface area contributed by atoms with Crippen LogP contribution < -0.4 is 10.6 Å². The fourth-order valence-corrected chi connectivity index (χ4v) is 2.14. The van der Waals surface area contributed by atoms with Crippen LogP contribution in [0.5, 0.6) is 0 Å². The zero-order valence-corrected chi connectivity index (χ0v) is 12.7. The monoisotopic (exact) mass is 304 g/mol. The van der Waals surface area contributed by atoms with Gasteiger partial charge < -0.3 is 10.1 Å². The van der Waals surface area contributed by atoms with E-state index in [9.17, 15) is 14.4 Å². The normalized spacial score (nSPS) is 20.6. The van der Waals surface area contributed by atoms with Crippen LogP contribution in [-0.4, -0.2) is 24.5 Å². The molecule has 118 valence electrons. The Morgan fingerprint density at radius 2 is 1.91 bits per heavy atom. The molecule has 1 aliphatic carbocycles. The molecule has 2 rings (SSSR count). The molecule has 6 nitrogen and oxygen atoms in total. The van der Waals surface area contributed by atoms with Crippen molar-refractivity contribution in [3.05, 3.63) is 35.9 Å². The first-order chi connectivity index (χ1) is 10.5. The molecule has 0 spiro atoms. The molecule has 1 saturated carbocycles. The standard InChI is InChI=1S/C16H20N2O4/c1-3-17-16(21)18-14(19)13(11-7-5-4-6-8-11)22-15(20)12-9-10(12)2/h4-8,10,12-13H,3,9H2,1-2H3,(H2,17,18,19,21)/t10-,12+,13-/m0/s1. The molecule has 3 amide bonds. The van der Waals surface area contributed by atoms with Gasteiger partial charge in [-0.15, -0.1) is 0 Å². The van der Waals surface area contributed by atoms with E-state index in [0.29, 0.717) is 12.1 Å². The fourth-order valence-electron chi connectivity index (χ4n) is 2.14. The fraction of sp³-hybridized carbons (Fsp3) is 0.438. The molecule has 22 heavy (non-hydrogen) atoms. The molecule has 6 heteroatoms. The smallest absolute Gasteiger partial charge is 0.321 e. The number of hydrogen-bond acceptors (Lipinski definition) is 4. The number of amides is 3. The lowest BCUT2D eigenvalue weighted by Gasteiger charge is -2.17. The predicted octanol–water partition coefficient (Wildman–Crippen LogP) is 1.77. The van der Waals surface area contributed by atoms with Crippen molar-refractivity contribution in [2.24, 2.45) is 11.8 Å². The first-order valence-electron chi connectivity index (χ1n) is 7.37. The third kappa shape index (κ3) is 4.07. The molecule has 2 N–H and O–H groups in total. The number of benzene rings is 1. The van der Waals surface area contributed by atoms with E-state index in [0.717, 1.165) is 6.42 Å². The Bertz CT molecular complexity index is 559. The first-order valence-corrected chi connectivity index (χ1v) is 7.37. The Hall–Kier alpha value is -2.37. The maximum absolute atomic E-state index is 12.2. The van der Waals surface area contributed by atoms with Crippen molar-refractivity contribution in [1.82, 2.24) is 10.6 Å². The molecule has 3 atom stereocenters. The van der Waals surface area contributed by atoms with Gasteiger partial charge in [-0.05, 0) is 19.3 Å². The van der Waals surface area contributed by atoms with Gasteiger partial charge in [0.2, 0.25) is 6.10 Å². The number of esters is 1. The van der Waals surface area contributed by atoms with Crippen LogP contribution in [0.4, 0.5) is 4.79 Å².